The highest BCUT2D eigenvalue weighted by atomic mass is 79.9. The Morgan fingerprint density at radius 1 is 1.06 bits per heavy atom. The summed E-state index contributed by atoms with van der Waals surface area (Å²) >= 11 is 3.46. The van der Waals surface area contributed by atoms with E-state index in [-0.39, 0.29) is 24.1 Å². The van der Waals surface area contributed by atoms with Crippen molar-refractivity contribution in [1.29, 1.82) is 5.26 Å². The number of hydrogen-bond donors (Lipinski definition) is 2. The van der Waals surface area contributed by atoms with Gasteiger partial charge >= 0.3 is 0 Å². The molecular formula is C28H26BrN3O4. The van der Waals surface area contributed by atoms with Crippen molar-refractivity contribution in [3.8, 4) is 17.6 Å². The quantitative estimate of drug-likeness (QED) is 0.252. The largest absolute Gasteiger partial charge is 0.490 e. The van der Waals surface area contributed by atoms with E-state index in [2.05, 4.69) is 26.6 Å². The Morgan fingerprint density at radius 3 is 2.36 bits per heavy atom. The summed E-state index contributed by atoms with van der Waals surface area (Å²) < 4.78 is 12.0. The molecule has 0 fully saturated rings. The van der Waals surface area contributed by atoms with Gasteiger partial charge in [0.2, 0.25) is 0 Å². The summed E-state index contributed by atoms with van der Waals surface area (Å²) in [6.45, 7) is 3.80. The minimum absolute atomic E-state index is 0.0527. The summed E-state index contributed by atoms with van der Waals surface area (Å²) in [5.41, 5.74) is 2.11. The molecule has 0 radical (unpaired) electrons. The van der Waals surface area contributed by atoms with Crippen molar-refractivity contribution in [1.82, 2.24) is 5.32 Å². The van der Waals surface area contributed by atoms with Crippen LogP contribution < -0.4 is 20.1 Å². The monoisotopic (exact) mass is 547 g/mol. The fourth-order valence-corrected chi connectivity index (χ4v) is 3.92. The van der Waals surface area contributed by atoms with Gasteiger partial charge in [-0.3, -0.25) is 9.59 Å². The molecular weight excluding hydrogens is 522 g/mol. The van der Waals surface area contributed by atoms with Gasteiger partial charge in [0.15, 0.2) is 18.1 Å². The molecule has 0 aliphatic carbocycles. The topological polar surface area (TPSA) is 100 Å². The van der Waals surface area contributed by atoms with Crippen LogP contribution in [0.1, 0.15) is 31.0 Å². The second-order valence-electron chi connectivity index (χ2n) is 7.74. The van der Waals surface area contributed by atoms with E-state index in [1.807, 2.05) is 68.4 Å². The standard InChI is InChI=1S/C28H26BrN3O4/c1-3-35-25-16-20(14-22(17-30)28(34)31-19(2)21-10-6-4-7-11-21)15-24(29)27(25)36-18-26(33)32-23-12-8-5-9-13-23/h4-16,19H,3,18H2,1-2H3,(H,31,34)(H,32,33)/b22-14-/t19-/m1/s1. The van der Waals surface area contributed by atoms with E-state index in [1.54, 1.807) is 24.3 Å². The van der Waals surface area contributed by atoms with Gasteiger partial charge in [-0.25, -0.2) is 0 Å². The second-order valence-corrected chi connectivity index (χ2v) is 8.60. The van der Waals surface area contributed by atoms with Crippen molar-refractivity contribution in [2.24, 2.45) is 0 Å². The zero-order chi connectivity index (χ0) is 25.9. The molecule has 0 saturated heterocycles. The van der Waals surface area contributed by atoms with Gasteiger partial charge in [-0.15, -0.1) is 0 Å². The van der Waals surface area contributed by atoms with Gasteiger partial charge in [0, 0.05) is 5.69 Å². The van der Waals surface area contributed by atoms with Crippen LogP contribution in [-0.4, -0.2) is 25.0 Å². The predicted molar refractivity (Wildman–Crippen MR) is 142 cm³/mol. The fourth-order valence-electron chi connectivity index (χ4n) is 3.35. The Labute approximate surface area is 218 Å². The van der Waals surface area contributed by atoms with Crippen LogP contribution in [0.25, 0.3) is 6.08 Å². The van der Waals surface area contributed by atoms with Crippen LogP contribution in [0, 0.1) is 11.3 Å². The summed E-state index contributed by atoms with van der Waals surface area (Å²) in [5, 5.41) is 15.2. The normalized spacial score (nSPS) is 11.7. The minimum Gasteiger partial charge on any atom is -0.490 e. The van der Waals surface area contributed by atoms with Crippen molar-refractivity contribution in [2.75, 3.05) is 18.5 Å². The zero-order valence-corrected chi connectivity index (χ0v) is 21.5. The molecule has 0 aliphatic rings. The van der Waals surface area contributed by atoms with Gasteiger partial charge in [-0.1, -0.05) is 48.5 Å². The summed E-state index contributed by atoms with van der Waals surface area (Å²) in [6, 6.07) is 23.6. The van der Waals surface area contributed by atoms with Crippen LogP contribution in [0.4, 0.5) is 5.69 Å². The first-order valence-electron chi connectivity index (χ1n) is 11.3. The molecule has 0 aromatic heterocycles. The summed E-state index contributed by atoms with van der Waals surface area (Å²) in [5.74, 6) is -0.0878. The number of carbonyl (C=O) groups excluding carboxylic acids is 2. The van der Waals surface area contributed by atoms with E-state index in [0.717, 1.165) is 5.56 Å². The highest BCUT2D eigenvalue weighted by Crippen LogP contribution is 2.37. The number of hydrogen-bond acceptors (Lipinski definition) is 5. The molecule has 1 atom stereocenters. The Balaban J connectivity index is 1.75. The van der Waals surface area contributed by atoms with Crippen molar-refractivity contribution >= 4 is 39.5 Å². The third kappa shape index (κ3) is 7.45. The number of anilines is 1. The van der Waals surface area contributed by atoms with Crippen LogP contribution in [0.15, 0.2) is 82.8 Å². The predicted octanol–water partition coefficient (Wildman–Crippen LogP) is 5.65. The first-order chi connectivity index (χ1) is 17.4. The molecule has 0 saturated carbocycles. The van der Waals surface area contributed by atoms with Crippen LogP contribution in [-0.2, 0) is 9.59 Å². The maximum absolute atomic E-state index is 12.7. The first-order valence-corrected chi connectivity index (χ1v) is 12.1. The van der Waals surface area contributed by atoms with E-state index in [1.165, 1.54) is 6.08 Å². The number of halogens is 1. The fraction of sp³-hybridized carbons (Fsp3) is 0.179. The lowest BCUT2D eigenvalue weighted by atomic mass is 10.1. The second kappa shape index (κ2) is 13.1. The highest BCUT2D eigenvalue weighted by Gasteiger charge is 2.17. The average molecular weight is 548 g/mol. The van der Waals surface area contributed by atoms with Crippen LogP contribution in [0.5, 0.6) is 11.5 Å². The lowest BCUT2D eigenvalue weighted by molar-refractivity contribution is -0.118. The number of nitriles is 1. The number of nitrogens with one attached hydrogen (secondary N) is 2. The molecule has 3 aromatic rings. The van der Waals surface area contributed by atoms with E-state index in [4.69, 9.17) is 9.47 Å². The smallest absolute Gasteiger partial charge is 0.262 e. The number of carbonyl (C=O) groups is 2. The Morgan fingerprint density at radius 2 is 1.72 bits per heavy atom. The lowest BCUT2D eigenvalue weighted by Crippen LogP contribution is -2.27. The molecule has 0 aliphatic heterocycles. The Kier molecular flexibility index (Phi) is 9.66. The Hall–Kier alpha value is -4.09. The number of ether oxygens (including phenoxy) is 2. The molecule has 184 valence electrons. The summed E-state index contributed by atoms with van der Waals surface area (Å²) in [4.78, 5) is 25.0. The van der Waals surface area contributed by atoms with E-state index in [0.29, 0.717) is 33.8 Å². The van der Waals surface area contributed by atoms with Gasteiger partial charge in [-0.2, -0.15) is 5.26 Å². The molecule has 8 heteroatoms. The van der Waals surface area contributed by atoms with Crippen LogP contribution >= 0.6 is 15.9 Å². The molecule has 2 N–H and O–H groups in total. The molecule has 0 unspecified atom stereocenters. The number of amides is 2. The minimum atomic E-state index is -0.485. The Bertz CT molecular complexity index is 1270. The summed E-state index contributed by atoms with van der Waals surface area (Å²) in [6.07, 6.45) is 1.48. The molecule has 3 rings (SSSR count). The lowest BCUT2D eigenvalue weighted by Gasteiger charge is -2.15. The molecule has 0 bridgehead atoms. The average Bonchev–Trinajstić information content (AvgIpc) is 2.88. The van der Waals surface area contributed by atoms with Crippen molar-refractivity contribution in [2.45, 2.75) is 19.9 Å². The zero-order valence-electron chi connectivity index (χ0n) is 20.0. The number of para-hydroxylation sites is 1. The van der Waals surface area contributed by atoms with Crippen LogP contribution in [0.3, 0.4) is 0 Å². The van der Waals surface area contributed by atoms with E-state index >= 15 is 0 Å². The number of nitrogens with zero attached hydrogens (tertiary/aromatic N) is 1. The van der Waals surface area contributed by atoms with E-state index < -0.39 is 5.91 Å². The SMILES string of the molecule is CCOc1cc(/C=C(/C#N)C(=O)N[C@H](C)c2ccccc2)cc(Br)c1OCC(=O)Nc1ccccc1. The highest BCUT2D eigenvalue weighted by molar-refractivity contribution is 9.10. The molecule has 2 amide bonds. The third-order valence-corrected chi connectivity index (χ3v) is 5.65. The van der Waals surface area contributed by atoms with Gasteiger partial charge in [-0.05, 0) is 71.2 Å². The summed E-state index contributed by atoms with van der Waals surface area (Å²) in [7, 11) is 0. The van der Waals surface area contributed by atoms with E-state index in [9.17, 15) is 14.9 Å². The van der Waals surface area contributed by atoms with Crippen molar-refractivity contribution < 1.29 is 19.1 Å². The molecule has 36 heavy (non-hydrogen) atoms. The van der Waals surface area contributed by atoms with Gasteiger partial charge < -0.3 is 20.1 Å². The number of rotatable bonds is 10. The molecule has 7 nitrogen and oxygen atoms in total. The molecule has 3 aromatic carbocycles. The van der Waals surface area contributed by atoms with Gasteiger partial charge in [0.1, 0.15) is 11.6 Å². The molecule has 0 heterocycles. The van der Waals surface area contributed by atoms with Crippen molar-refractivity contribution in [3.63, 3.8) is 0 Å². The van der Waals surface area contributed by atoms with Crippen LogP contribution in [0.2, 0.25) is 0 Å². The molecule has 0 spiro atoms. The third-order valence-electron chi connectivity index (χ3n) is 5.06. The number of benzene rings is 3. The van der Waals surface area contributed by atoms with Gasteiger partial charge in [0.25, 0.3) is 11.8 Å². The maximum Gasteiger partial charge on any atom is 0.262 e. The van der Waals surface area contributed by atoms with Crippen molar-refractivity contribution in [3.05, 3.63) is 94.0 Å². The van der Waals surface area contributed by atoms with Gasteiger partial charge in [0.05, 0.1) is 17.1 Å². The first kappa shape index (κ1) is 26.5. The maximum atomic E-state index is 12.7.